The molecule has 4 nitrogen and oxygen atoms in total. The number of nitrogens with two attached hydrogens (primary N) is 1. The van der Waals surface area contributed by atoms with Crippen LogP contribution >= 0.6 is 0 Å². The number of nitrogens with one attached hydrogen (secondary N) is 1. The lowest BCUT2D eigenvalue weighted by molar-refractivity contribution is -0.127. The van der Waals surface area contributed by atoms with Crippen molar-refractivity contribution in [3.05, 3.63) is 29.8 Å². The van der Waals surface area contributed by atoms with Gasteiger partial charge in [-0.1, -0.05) is 17.7 Å². The largest absolute Gasteiger partial charge is 0.491 e. The SMILES string of the molecule is Cc1ccc(OCC(NC(C)C)(C(N)=O)C2CC2)cc1. The molecule has 4 heteroatoms. The van der Waals surface area contributed by atoms with E-state index < -0.39 is 5.54 Å². The zero-order valence-electron chi connectivity index (χ0n) is 12.5. The molecule has 20 heavy (non-hydrogen) atoms. The standard InChI is InChI=1S/C16H24N2O2/c1-11(2)18-16(15(17)19,13-6-7-13)10-20-14-8-4-12(3)5-9-14/h4-5,8-9,11,13,18H,6-7,10H2,1-3H3,(H2,17,19). The van der Waals surface area contributed by atoms with Crippen LogP contribution in [0.3, 0.4) is 0 Å². The van der Waals surface area contributed by atoms with Gasteiger partial charge in [0.2, 0.25) is 5.91 Å². The van der Waals surface area contributed by atoms with Crippen molar-refractivity contribution in [3.8, 4) is 5.75 Å². The Balaban J connectivity index is 2.11. The smallest absolute Gasteiger partial charge is 0.241 e. The average Bonchev–Trinajstić information content (AvgIpc) is 3.20. The molecule has 1 aromatic rings. The number of aryl methyl sites for hydroxylation is 1. The van der Waals surface area contributed by atoms with Gasteiger partial charge in [0.05, 0.1) is 0 Å². The van der Waals surface area contributed by atoms with Gasteiger partial charge in [-0.05, 0) is 51.7 Å². The maximum atomic E-state index is 12.0. The Kier molecular flexibility index (Phi) is 4.33. The zero-order chi connectivity index (χ0) is 14.8. The summed E-state index contributed by atoms with van der Waals surface area (Å²) >= 11 is 0. The third-order valence-electron chi connectivity index (χ3n) is 3.75. The number of carbonyl (C=O) groups is 1. The summed E-state index contributed by atoms with van der Waals surface area (Å²) in [4.78, 5) is 12.0. The molecule has 0 aromatic heterocycles. The summed E-state index contributed by atoms with van der Waals surface area (Å²) in [6, 6.07) is 8.01. The molecule has 110 valence electrons. The number of ether oxygens (including phenoxy) is 1. The first kappa shape index (κ1) is 14.9. The Bertz CT molecular complexity index is 466. The molecule has 3 N–H and O–H groups in total. The Labute approximate surface area is 120 Å². The van der Waals surface area contributed by atoms with Crippen molar-refractivity contribution in [2.45, 2.75) is 45.2 Å². The fourth-order valence-electron chi connectivity index (χ4n) is 2.54. The van der Waals surface area contributed by atoms with E-state index in [1.54, 1.807) is 0 Å². The predicted octanol–water partition coefficient (Wildman–Crippen LogP) is 2.01. The van der Waals surface area contributed by atoms with Crippen molar-refractivity contribution in [2.75, 3.05) is 6.61 Å². The number of rotatable bonds is 7. The highest BCUT2D eigenvalue weighted by Gasteiger charge is 2.50. The van der Waals surface area contributed by atoms with Gasteiger partial charge in [-0.2, -0.15) is 0 Å². The molecule has 1 saturated carbocycles. The molecule has 0 heterocycles. The summed E-state index contributed by atoms with van der Waals surface area (Å²) in [6.07, 6.45) is 2.06. The lowest BCUT2D eigenvalue weighted by atomic mass is 9.92. The van der Waals surface area contributed by atoms with Crippen molar-refractivity contribution < 1.29 is 9.53 Å². The second kappa shape index (κ2) is 5.83. The van der Waals surface area contributed by atoms with Gasteiger partial charge in [0.25, 0.3) is 0 Å². The van der Waals surface area contributed by atoms with Crippen LogP contribution in [0.15, 0.2) is 24.3 Å². The molecule has 1 atom stereocenters. The fraction of sp³-hybridized carbons (Fsp3) is 0.562. The van der Waals surface area contributed by atoms with Crippen LogP contribution in [0, 0.1) is 12.8 Å². The molecule has 1 aliphatic carbocycles. The highest BCUT2D eigenvalue weighted by atomic mass is 16.5. The number of amides is 1. The van der Waals surface area contributed by atoms with Crippen LogP contribution in [0.2, 0.25) is 0 Å². The monoisotopic (exact) mass is 276 g/mol. The minimum Gasteiger partial charge on any atom is -0.491 e. The van der Waals surface area contributed by atoms with Crippen LogP contribution in [-0.4, -0.2) is 24.1 Å². The summed E-state index contributed by atoms with van der Waals surface area (Å²) in [5.41, 5.74) is 6.10. The highest BCUT2D eigenvalue weighted by Crippen LogP contribution is 2.40. The maximum absolute atomic E-state index is 12.0. The van der Waals surface area contributed by atoms with E-state index in [0.29, 0.717) is 0 Å². The first-order valence-corrected chi connectivity index (χ1v) is 7.21. The van der Waals surface area contributed by atoms with Gasteiger partial charge in [0.15, 0.2) is 0 Å². The Morgan fingerprint density at radius 3 is 2.45 bits per heavy atom. The minimum absolute atomic E-state index is 0.185. The molecule has 0 saturated heterocycles. The van der Waals surface area contributed by atoms with Crippen molar-refractivity contribution in [2.24, 2.45) is 11.7 Å². The number of carbonyl (C=O) groups excluding carboxylic acids is 1. The predicted molar refractivity (Wildman–Crippen MR) is 79.6 cm³/mol. The molecule has 0 aliphatic heterocycles. The van der Waals surface area contributed by atoms with Crippen molar-refractivity contribution in [1.29, 1.82) is 0 Å². The lowest BCUT2D eigenvalue weighted by Gasteiger charge is -2.33. The molecule has 0 bridgehead atoms. The molecule has 0 radical (unpaired) electrons. The average molecular weight is 276 g/mol. The molecule has 2 rings (SSSR count). The number of hydrogen-bond acceptors (Lipinski definition) is 3. The van der Waals surface area contributed by atoms with Crippen LogP contribution in [0.5, 0.6) is 5.75 Å². The van der Waals surface area contributed by atoms with Crippen LogP contribution < -0.4 is 15.8 Å². The Morgan fingerprint density at radius 2 is 2.00 bits per heavy atom. The quantitative estimate of drug-likeness (QED) is 0.800. The number of primary amides is 1. The summed E-state index contributed by atoms with van der Waals surface area (Å²) in [7, 11) is 0. The third-order valence-corrected chi connectivity index (χ3v) is 3.75. The van der Waals surface area contributed by atoms with Gasteiger partial charge in [0, 0.05) is 6.04 Å². The first-order valence-electron chi connectivity index (χ1n) is 7.21. The molecular weight excluding hydrogens is 252 g/mol. The van der Waals surface area contributed by atoms with E-state index >= 15 is 0 Å². The molecule has 1 aliphatic rings. The maximum Gasteiger partial charge on any atom is 0.241 e. The summed E-state index contributed by atoms with van der Waals surface area (Å²) in [5, 5.41) is 3.34. The molecule has 1 amide bonds. The second-order valence-corrected chi connectivity index (χ2v) is 6.01. The highest BCUT2D eigenvalue weighted by molar-refractivity contribution is 5.86. The summed E-state index contributed by atoms with van der Waals surface area (Å²) in [5.74, 6) is 0.737. The van der Waals surface area contributed by atoms with E-state index in [1.165, 1.54) is 5.56 Å². The van der Waals surface area contributed by atoms with Crippen molar-refractivity contribution in [1.82, 2.24) is 5.32 Å². The van der Waals surface area contributed by atoms with Crippen LogP contribution in [0.25, 0.3) is 0 Å². The second-order valence-electron chi connectivity index (χ2n) is 6.01. The van der Waals surface area contributed by atoms with Gasteiger partial charge >= 0.3 is 0 Å². The molecule has 1 fully saturated rings. The molecule has 1 aromatic carbocycles. The van der Waals surface area contributed by atoms with Gasteiger partial charge < -0.3 is 10.5 Å². The van der Waals surface area contributed by atoms with E-state index in [-0.39, 0.29) is 24.5 Å². The van der Waals surface area contributed by atoms with Crippen molar-refractivity contribution in [3.63, 3.8) is 0 Å². The minimum atomic E-state index is -0.751. The first-order chi connectivity index (χ1) is 9.44. The summed E-state index contributed by atoms with van der Waals surface area (Å²) in [6.45, 7) is 6.36. The zero-order valence-corrected chi connectivity index (χ0v) is 12.5. The molecule has 0 spiro atoms. The van der Waals surface area contributed by atoms with E-state index in [9.17, 15) is 4.79 Å². The Morgan fingerprint density at radius 1 is 1.40 bits per heavy atom. The van der Waals surface area contributed by atoms with Crippen molar-refractivity contribution >= 4 is 5.91 Å². The molecular formula is C16H24N2O2. The van der Waals surface area contributed by atoms with Gasteiger partial charge in [-0.3, -0.25) is 10.1 Å². The van der Waals surface area contributed by atoms with E-state index in [0.717, 1.165) is 18.6 Å². The summed E-state index contributed by atoms with van der Waals surface area (Å²) < 4.78 is 5.83. The topological polar surface area (TPSA) is 64.3 Å². The third kappa shape index (κ3) is 3.31. The van der Waals surface area contributed by atoms with E-state index in [1.807, 2.05) is 45.0 Å². The number of benzene rings is 1. The van der Waals surface area contributed by atoms with Gasteiger partial charge in [0.1, 0.15) is 17.9 Å². The van der Waals surface area contributed by atoms with Crippen LogP contribution in [-0.2, 0) is 4.79 Å². The van der Waals surface area contributed by atoms with Crippen LogP contribution in [0.1, 0.15) is 32.3 Å². The Hall–Kier alpha value is -1.55. The van der Waals surface area contributed by atoms with E-state index in [2.05, 4.69) is 5.32 Å². The van der Waals surface area contributed by atoms with Gasteiger partial charge in [-0.25, -0.2) is 0 Å². The lowest BCUT2D eigenvalue weighted by Crippen LogP contribution is -2.62. The van der Waals surface area contributed by atoms with E-state index in [4.69, 9.17) is 10.5 Å². The van der Waals surface area contributed by atoms with Crippen LogP contribution in [0.4, 0.5) is 0 Å². The molecule has 1 unspecified atom stereocenters. The number of hydrogen-bond donors (Lipinski definition) is 2. The van der Waals surface area contributed by atoms with Gasteiger partial charge in [-0.15, -0.1) is 0 Å². The normalized spacial score (nSPS) is 17.8. The fourth-order valence-corrected chi connectivity index (χ4v) is 2.54.